The van der Waals surface area contributed by atoms with E-state index >= 15 is 0 Å². The molecule has 0 bridgehead atoms. The second-order valence-electron chi connectivity index (χ2n) is 3.22. The Hall–Kier alpha value is -0.901. The van der Waals surface area contributed by atoms with Gasteiger partial charge in [0.15, 0.2) is 0 Å². The molecule has 0 aliphatic carbocycles. The quantitative estimate of drug-likeness (QED) is 0.821. The van der Waals surface area contributed by atoms with Gasteiger partial charge in [-0.3, -0.25) is 0 Å². The molecule has 0 saturated carbocycles. The van der Waals surface area contributed by atoms with Crippen LogP contribution in [0.15, 0.2) is 26.1 Å². The summed E-state index contributed by atoms with van der Waals surface area (Å²) in [5, 5.41) is 3.32. The molecule has 0 fully saturated rings. The summed E-state index contributed by atoms with van der Waals surface area (Å²) in [6.45, 7) is 2.67. The summed E-state index contributed by atoms with van der Waals surface area (Å²) in [7, 11) is 0. The number of anilines is 1. The Morgan fingerprint density at radius 3 is 3.14 bits per heavy atom. The number of hydrogen-bond acceptors (Lipinski definition) is 4. The van der Waals surface area contributed by atoms with Crippen LogP contribution in [0.25, 0.3) is 0 Å². The van der Waals surface area contributed by atoms with Crippen LogP contribution in [0.2, 0.25) is 0 Å². The molecular weight excluding hydrogens is 243 g/mol. The number of hydrogen-bond donors (Lipinski definition) is 2. The molecule has 14 heavy (non-hydrogen) atoms. The van der Waals surface area contributed by atoms with Gasteiger partial charge >= 0.3 is 88.3 Å². The van der Waals surface area contributed by atoms with Crippen molar-refractivity contribution in [3.63, 3.8) is 0 Å². The van der Waals surface area contributed by atoms with Gasteiger partial charge in [-0.15, -0.1) is 0 Å². The van der Waals surface area contributed by atoms with Crippen LogP contribution in [0.3, 0.4) is 0 Å². The Bertz CT molecular complexity index is 409. The summed E-state index contributed by atoms with van der Waals surface area (Å²) in [5.74, 6) is 0. The van der Waals surface area contributed by atoms with E-state index in [4.69, 9.17) is 5.73 Å². The van der Waals surface area contributed by atoms with E-state index < -0.39 is 0 Å². The van der Waals surface area contributed by atoms with Gasteiger partial charge in [0.2, 0.25) is 0 Å². The number of nitrogens with two attached hydrogens (primary N) is 1. The minimum absolute atomic E-state index is 0.0338. The minimum atomic E-state index is 0.0338. The first kappa shape index (κ1) is 9.65. The van der Waals surface area contributed by atoms with Crippen molar-refractivity contribution in [3.8, 4) is 0 Å². The second kappa shape index (κ2) is 4.09. The Kier molecular flexibility index (Phi) is 2.82. The van der Waals surface area contributed by atoms with Crippen LogP contribution in [-0.2, 0) is 0 Å². The van der Waals surface area contributed by atoms with E-state index in [1.54, 1.807) is 0 Å². The van der Waals surface area contributed by atoms with Crippen molar-refractivity contribution in [2.24, 2.45) is 13.7 Å². The Labute approximate surface area is 88.6 Å². The summed E-state index contributed by atoms with van der Waals surface area (Å²) < 4.78 is 8.70. The zero-order valence-electron chi connectivity index (χ0n) is 7.90. The third-order valence-corrected chi connectivity index (χ3v) is 3.18. The number of fused-ring (bicyclic) bond motifs is 1. The Morgan fingerprint density at radius 2 is 2.36 bits per heavy atom. The van der Waals surface area contributed by atoms with Crippen LogP contribution in [0.5, 0.6) is 0 Å². The fourth-order valence-corrected chi connectivity index (χ4v) is 2.40. The number of nitrogens with zero attached hydrogens (tertiary/aromatic N) is 2. The van der Waals surface area contributed by atoms with Crippen LogP contribution >= 0.6 is 0 Å². The molecule has 0 aromatic heterocycles. The molecule has 1 aliphatic rings. The van der Waals surface area contributed by atoms with Gasteiger partial charge in [0.05, 0.1) is 0 Å². The Balaban J connectivity index is 2.28. The third-order valence-electron chi connectivity index (χ3n) is 2.04. The molecule has 0 saturated heterocycles. The van der Waals surface area contributed by atoms with E-state index in [1.807, 2.05) is 18.2 Å². The van der Waals surface area contributed by atoms with Gasteiger partial charge in [-0.25, -0.2) is 0 Å². The van der Waals surface area contributed by atoms with Crippen molar-refractivity contribution in [1.29, 1.82) is 0 Å². The van der Waals surface area contributed by atoms with Gasteiger partial charge in [-0.05, 0) is 0 Å². The summed E-state index contributed by atoms with van der Waals surface area (Å²) in [6.07, 6.45) is 0. The number of benzene rings is 1. The van der Waals surface area contributed by atoms with Crippen LogP contribution < -0.4 is 11.1 Å². The monoisotopic (exact) mass is 256 g/mol. The average molecular weight is 255 g/mol. The molecular formula is C9H12N4Se. The predicted molar refractivity (Wildman–Crippen MR) is 58.5 cm³/mol. The predicted octanol–water partition coefficient (Wildman–Crippen LogP) is 1.79. The third kappa shape index (κ3) is 1.80. The second-order valence-corrected chi connectivity index (χ2v) is 4.33. The van der Waals surface area contributed by atoms with Crippen LogP contribution in [0.4, 0.5) is 17.1 Å². The standard InChI is InChI=1S/C9H12N4Se/c1-6(5-10)11-7-3-2-4-8-9(7)13-14-12-8/h2-4,6,11H,5,10H2,1H3. The molecule has 74 valence electrons. The summed E-state index contributed by atoms with van der Waals surface area (Å²) in [5.41, 5.74) is 8.59. The van der Waals surface area contributed by atoms with Crippen molar-refractivity contribution in [3.05, 3.63) is 18.2 Å². The molecule has 5 heteroatoms. The molecule has 3 N–H and O–H groups in total. The molecule has 1 heterocycles. The normalized spacial score (nSPS) is 14.7. The van der Waals surface area contributed by atoms with Gasteiger partial charge < -0.3 is 0 Å². The van der Waals surface area contributed by atoms with Crippen molar-refractivity contribution >= 4 is 31.6 Å². The SMILES string of the molecule is CC(CN)Nc1cccc2c1N=[Se]=N2. The van der Waals surface area contributed by atoms with E-state index in [0.717, 1.165) is 17.1 Å². The van der Waals surface area contributed by atoms with Crippen LogP contribution in [-0.4, -0.2) is 27.2 Å². The van der Waals surface area contributed by atoms with Gasteiger partial charge in [-0.2, -0.15) is 0 Å². The first-order valence-electron chi connectivity index (χ1n) is 4.49. The van der Waals surface area contributed by atoms with Gasteiger partial charge in [0.25, 0.3) is 0 Å². The van der Waals surface area contributed by atoms with E-state index in [0.29, 0.717) is 6.54 Å². The summed E-state index contributed by atoms with van der Waals surface area (Å²) in [6, 6.07) is 6.27. The maximum absolute atomic E-state index is 5.55. The zero-order chi connectivity index (χ0) is 9.97. The maximum atomic E-state index is 5.55. The van der Waals surface area contributed by atoms with E-state index in [2.05, 4.69) is 20.2 Å². The average Bonchev–Trinajstić information content (AvgIpc) is 2.66. The molecule has 0 amide bonds. The van der Waals surface area contributed by atoms with Crippen LogP contribution in [0, 0.1) is 0 Å². The van der Waals surface area contributed by atoms with Crippen molar-refractivity contribution in [2.75, 3.05) is 11.9 Å². The fourth-order valence-electron chi connectivity index (χ4n) is 1.25. The molecule has 1 atom stereocenters. The van der Waals surface area contributed by atoms with Crippen molar-refractivity contribution in [1.82, 2.24) is 0 Å². The summed E-state index contributed by atoms with van der Waals surface area (Å²) >= 11 is 0.0338. The molecule has 0 spiro atoms. The number of rotatable bonds is 3. The molecule has 0 radical (unpaired) electrons. The summed E-state index contributed by atoms with van der Waals surface area (Å²) in [4.78, 5) is 0. The van der Waals surface area contributed by atoms with E-state index in [9.17, 15) is 0 Å². The molecule has 1 unspecified atom stereocenters. The first-order chi connectivity index (χ1) is 6.81. The van der Waals surface area contributed by atoms with Crippen LogP contribution in [0.1, 0.15) is 6.92 Å². The van der Waals surface area contributed by atoms with Crippen molar-refractivity contribution < 1.29 is 0 Å². The van der Waals surface area contributed by atoms with Gasteiger partial charge in [0.1, 0.15) is 0 Å². The molecule has 1 aliphatic heterocycles. The fraction of sp³-hybridized carbons (Fsp3) is 0.333. The van der Waals surface area contributed by atoms with Gasteiger partial charge in [0, 0.05) is 0 Å². The van der Waals surface area contributed by atoms with E-state index in [-0.39, 0.29) is 20.6 Å². The first-order valence-corrected chi connectivity index (χ1v) is 6.02. The Morgan fingerprint density at radius 1 is 1.50 bits per heavy atom. The van der Waals surface area contributed by atoms with Gasteiger partial charge in [-0.1, -0.05) is 0 Å². The van der Waals surface area contributed by atoms with Crippen molar-refractivity contribution in [2.45, 2.75) is 13.0 Å². The van der Waals surface area contributed by atoms with E-state index in [1.165, 1.54) is 0 Å². The topological polar surface area (TPSA) is 62.8 Å². The molecule has 4 nitrogen and oxygen atoms in total. The molecule has 2 rings (SSSR count). The molecule has 1 aromatic rings. The zero-order valence-corrected chi connectivity index (χ0v) is 9.61. The molecule has 1 aromatic carbocycles. The number of nitrogens with one attached hydrogen (secondary N) is 1.